The second-order valence-electron chi connectivity index (χ2n) is 10.1. The fourth-order valence-electron chi connectivity index (χ4n) is 4.64. The molecule has 3 fully saturated rings. The minimum Gasteiger partial charge on any atom is -0.387 e. The lowest BCUT2D eigenvalue weighted by Crippen LogP contribution is -2.74. The van der Waals surface area contributed by atoms with E-state index in [2.05, 4.69) is 13.6 Å². The molecule has 22 nitrogen and oxygen atoms in total. The van der Waals surface area contributed by atoms with E-state index in [1.165, 1.54) is 0 Å². The summed E-state index contributed by atoms with van der Waals surface area (Å²) in [6, 6.07) is 0. The van der Waals surface area contributed by atoms with Crippen LogP contribution in [0.3, 0.4) is 0 Å². The predicted molar refractivity (Wildman–Crippen MR) is 116 cm³/mol. The van der Waals surface area contributed by atoms with Gasteiger partial charge in [0.05, 0.1) is 0 Å². The van der Waals surface area contributed by atoms with Crippen molar-refractivity contribution in [1.29, 1.82) is 0 Å². The van der Waals surface area contributed by atoms with E-state index in [1.807, 2.05) is 0 Å². The fourth-order valence-corrected chi connectivity index (χ4v) is 6.47. The summed E-state index contributed by atoms with van der Waals surface area (Å²) in [5.74, 6) is -12.2. The van der Waals surface area contributed by atoms with E-state index in [0.717, 1.165) is 0 Å². The van der Waals surface area contributed by atoms with Crippen LogP contribution in [0.5, 0.6) is 0 Å². The van der Waals surface area contributed by atoms with E-state index in [9.17, 15) is 96.5 Å². The zero-order valence-corrected chi connectivity index (χ0v) is 21.2. The van der Waals surface area contributed by atoms with Crippen molar-refractivity contribution in [2.75, 3.05) is 0 Å². The quantitative estimate of drug-likeness (QED) is 0.0954. The number of phosphoric ester groups is 1. The Labute approximate surface area is 227 Å². The normalized spacial score (nSPS) is 58.1. The zero-order chi connectivity index (χ0) is 31.8. The van der Waals surface area contributed by atoms with Crippen LogP contribution in [0, 0.1) is 0 Å². The van der Waals surface area contributed by atoms with Crippen molar-refractivity contribution in [2.24, 2.45) is 0 Å². The van der Waals surface area contributed by atoms with Crippen molar-refractivity contribution in [3.63, 3.8) is 0 Å². The molecule has 18 atom stereocenters. The highest BCUT2D eigenvalue weighted by atomic mass is 31.2. The highest BCUT2D eigenvalue weighted by Crippen LogP contribution is 2.61. The summed E-state index contributed by atoms with van der Waals surface area (Å²) in [4.78, 5) is 0. The van der Waals surface area contributed by atoms with Gasteiger partial charge in [-0.3, -0.25) is 0 Å². The lowest BCUT2D eigenvalue weighted by Gasteiger charge is -2.52. The third kappa shape index (κ3) is 5.36. The second-order valence-corrected chi connectivity index (χ2v) is 11.5. The summed E-state index contributed by atoms with van der Waals surface area (Å²) in [5, 5.41) is 183. The summed E-state index contributed by atoms with van der Waals surface area (Å²) in [6.07, 6.45) is -41.4. The van der Waals surface area contributed by atoms with E-state index >= 15 is 0 Å². The highest BCUT2D eigenvalue weighted by Gasteiger charge is 2.69. The number of aliphatic hydroxyl groups excluding tert-OH is 15. The third-order valence-corrected chi connectivity index (χ3v) is 8.91. The van der Waals surface area contributed by atoms with Crippen molar-refractivity contribution >= 4 is 7.82 Å². The first-order chi connectivity index (χ1) is 18.5. The molecule has 23 heteroatoms. The predicted octanol–water partition coefficient (Wildman–Crippen LogP) is -11.3. The van der Waals surface area contributed by atoms with Crippen LogP contribution in [-0.4, -0.2) is 201 Å². The molecule has 242 valence electrons. The molecule has 18 N–H and O–H groups in total. The Balaban J connectivity index is 2.16. The van der Waals surface area contributed by atoms with Gasteiger partial charge in [-0.05, 0) is 0 Å². The van der Waals surface area contributed by atoms with Gasteiger partial charge in [0.1, 0.15) is 91.6 Å². The van der Waals surface area contributed by atoms with Crippen molar-refractivity contribution in [1.82, 2.24) is 0 Å². The van der Waals surface area contributed by atoms with Crippen LogP contribution in [0.2, 0.25) is 0 Å². The van der Waals surface area contributed by atoms with Crippen molar-refractivity contribution < 1.29 is 110 Å². The minimum atomic E-state index is -6.68. The van der Waals surface area contributed by atoms with Crippen LogP contribution in [0.25, 0.3) is 0 Å². The molecule has 0 aromatic rings. The molecule has 0 bridgehead atoms. The SMILES string of the molecule is O=P(OC1(O)[C@H](O)[C@H](O)C(O)[C@H](O)[C@H]1O)(OC1(O)[C@H](O)[C@H](O)C(O)[C@H](O)[C@H]1O)OC1(O)[C@H](O)[C@H](O)C(O)[C@H](O)[C@H]1O. The van der Waals surface area contributed by atoms with Gasteiger partial charge in [-0.25, -0.2) is 18.1 Å². The van der Waals surface area contributed by atoms with Gasteiger partial charge in [-0.1, -0.05) is 0 Å². The van der Waals surface area contributed by atoms with Gasteiger partial charge in [-0.15, -0.1) is 0 Å². The van der Waals surface area contributed by atoms with Gasteiger partial charge in [0.25, 0.3) is 0 Å². The Kier molecular flexibility index (Phi) is 9.69. The second kappa shape index (κ2) is 11.4. The van der Waals surface area contributed by atoms with Gasteiger partial charge in [0, 0.05) is 0 Å². The smallest absolute Gasteiger partial charge is 0.387 e. The summed E-state index contributed by atoms with van der Waals surface area (Å²) >= 11 is 0. The Morgan fingerprint density at radius 1 is 0.341 bits per heavy atom. The van der Waals surface area contributed by atoms with Gasteiger partial charge in [0.15, 0.2) is 0 Å². The molecule has 0 spiro atoms. The van der Waals surface area contributed by atoms with E-state index in [-0.39, 0.29) is 0 Å². The summed E-state index contributed by atoms with van der Waals surface area (Å²) in [7, 11) is -6.68. The summed E-state index contributed by atoms with van der Waals surface area (Å²) < 4.78 is 27.5. The highest BCUT2D eigenvalue weighted by molar-refractivity contribution is 7.48. The molecular weight excluding hydrogens is 599 g/mol. The molecule has 0 aliphatic heterocycles. The summed E-state index contributed by atoms with van der Waals surface area (Å²) in [5.41, 5.74) is 0. The Hall–Kier alpha value is -0.610. The topological polar surface area (TPSA) is 409 Å². The van der Waals surface area contributed by atoms with Crippen molar-refractivity contribution in [3.8, 4) is 0 Å². The fraction of sp³-hybridized carbons (Fsp3) is 1.00. The van der Waals surface area contributed by atoms with Crippen LogP contribution in [-0.2, 0) is 18.1 Å². The Morgan fingerprint density at radius 3 is 0.634 bits per heavy atom. The van der Waals surface area contributed by atoms with Crippen LogP contribution in [0.15, 0.2) is 0 Å². The van der Waals surface area contributed by atoms with E-state index in [1.54, 1.807) is 0 Å². The first-order valence-corrected chi connectivity index (χ1v) is 13.1. The number of phosphoric acid groups is 1. The molecule has 0 aromatic carbocycles. The van der Waals surface area contributed by atoms with Crippen LogP contribution in [0.1, 0.15) is 0 Å². The monoisotopic (exact) mass is 632 g/mol. The lowest BCUT2D eigenvalue weighted by atomic mass is 9.82. The standard InChI is InChI=1S/C18H33O22P/c19-1-4(22)10(28)16(34,11(29)5(1)23)38-41(37,39-17(35)12(30)6(24)2(20)7(25)13(17)31)40-18(36)14(32)8(26)3(21)9(27)15(18)33/h1-15,19-36H/t1?,2?,3?,4-,5+,6-,7+,8-,9+,10-,11-,12-,13-,14-,15-,16?,17?,18?,41?/m1/s1. The van der Waals surface area contributed by atoms with Gasteiger partial charge in [0.2, 0.25) is 17.4 Å². The third-order valence-electron chi connectivity index (χ3n) is 7.36. The van der Waals surface area contributed by atoms with Gasteiger partial charge in [-0.2, -0.15) is 0 Å². The molecule has 0 amide bonds. The van der Waals surface area contributed by atoms with E-state index < -0.39 is 117 Å². The van der Waals surface area contributed by atoms with E-state index in [0.29, 0.717) is 0 Å². The molecule has 3 rings (SSSR count). The van der Waals surface area contributed by atoms with Crippen molar-refractivity contribution in [2.45, 2.75) is 109 Å². The molecule has 0 radical (unpaired) electrons. The number of aliphatic hydroxyl groups is 18. The molecule has 3 aliphatic carbocycles. The number of rotatable bonds is 6. The molecule has 3 saturated carbocycles. The summed E-state index contributed by atoms with van der Waals surface area (Å²) in [6.45, 7) is 0. The van der Waals surface area contributed by atoms with Crippen molar-refractivity contribution in [3.05, 3.63) is 0 Å². The molecule has 6 unspecified atom stereocenters. The maximum Gasteiger partial charge on any atom is 0.483 e. The Morgan fingerprint density at radius 2 is 0.488 bits per heavy atom. The molecular formula is C18H33O22P. The van der Waals surface area contributed by atoms with Crippen LogP contribution < -0.4 is 0 Å². The van der Waals surface area contributed by atoms with Gasteiger partial charge < -0.3 is 91.9 Å². The minimum absolute atomic E-state index is 2.43. The molecule has 0 heterocycles. The lowest BCUT2D eigenvalue weighted by molar-refractivity contribution is -0.373. The van der Waals surface area contributed by atoms with Gasteiger partial charge >= 0.3 is 7.82 Å². The maximum atomic E-state index is 13.9. The average molecular weight is 632 g/mol. The average Bonchev–Trinajstić information content (AvgIpc) is 2.92. The molecule has 0 saturated heterocycles. The molecule has 41 heavy (non-hydrogen) atoms. The molecule has 3 aliphatic rings. The largest absolute Gasteiger partial charge is 0.483 e. The molecule has 0 aromatic heterocycles. The zero-order valence-electron chi connectivity index (χ0n) is 20.3. The maximum absolute atomic E-state index is 13.9. The van der Waals surface area contributed by atoms with Crippen LogP contribution >= 0.6 is 7.82 Å². The number of hydrogen-bond donors (Lipinski definition) is 18. The van der Waals surface area contributed by atoms with E-state index in [4.69, 9.17) is 0 Å². The first-order valence-electron chi connectivity index (χ1n) is 11.6. The Bertz CT molecular complexity index is 817. The first kappa shape index (κ1) is 34.9. The van der Waals surface area contributed by atoms with Crippen LogP contribution in [0.4, 0.5) is 0 Å². The number of hydrogen-bond acceptors (Lipinski definition) is 22.